The van der Waals surface area contributed by atoms with Crippen LogP contribution in [0.2, 0.25) is 0 Å². The van der Waals surface area contributed by atoms with Crippen molar-refractivity contribution in [3.63, 3.8) is 0 Å². The summed E-state index contributed by atoms with van der Waals surface area (Å²) in [6.07, 6.45) is 2.41. The third-order valence-corrected chi connectivity index (χ3v) is 3.59. The molecule has 3 rings (SSSR count). The van der Waals surface area contributed by atoms with Gasteiger partial charge in [0.05, 0.1) is 0 Å². The van der Waals surface area contributed by atoms with E-state index in [1.165, 1.54) is 5.56 Å². The molecule has 0 bridgehead atoms. The molecule has 0 N–H and O–H groups in total. The summed E-state index contributed by atoms with van der Waals surface area (Å²) in [5, 5.41) is 0. The summed E-state index contributed by atoms with van der Waals surface area (Å²) in [4.78, 5) is 11.9. The van der Waals surface area contributed by atoms with Gasteiger partial charge in [-0.25, -0.2) is 0 Å². The highest BCUT2D eigenvalue weighted by molar-refractivity contribution is 5.97. The van der Waals surface area contributed by atoms with Gasteiger partial charge in [-0.05, 0) is 11.5 Å². The minimum Gasteiger partial charge on any atom is -0.489 e. The average Bonchev–Trinajstić information content (AvgIpc) is 2.74. The number of allylic oxidation sites excluding steroid dienone is 1. The topological polar surface area (TPSA) is 26.3 Å². The molecule has 0 aromatic heterocycles. The summed E-state index contributed by atoms with van der Waals surface area (Å²) in [6, 6.07) is 10.2. The first-order valence-corrected chi connectivity index (χ1v) is 6.21. The fourth-order valence-corrected chi connectivity index (χ4v) is 2.71. The monoisotopic (exact) mass is 228 g/mol. The Balaban J connectivity index is 1.83. The number of Topliss-reactive ketones (excluding diaryl/α,β-unsaturated/α-hetero) is 1. The van der Waals surface area contributed by atoms with Crippen molar-refractivity contribution >= 4 is 5.78 Å². The zero-order valence-corrected chi connectivity index (χ0v) is 9.98. The first-order valence-electron chi connectivity index (χ1n) is 6.21. The van der Waals surface area contributed by atoms with Crippen LogP contribution < -0.4 is 0 Å². The number of carbonyl (C=O) groups is 1. The lowest BCUT2D eigenvalue weighted by molar-refractivity contribution is -0.117. The molecular formula is C15H16O2. The summed E-state index contributed by atoms with van der Waals surface area (Å²) in [5.41, 5.74) is 2.11. The molecule has 1 aromatic rings. The zero-order valence-electron chi connectivity index (χ0n) is 9.98. The number of hydrogen-bond donors (Lipinski definition) is 0. The van der Waals surface area contributed by atoms with Crippen LogP contribution in [-0.2, 0) is 9.53 Å². The molecule has 1 heterocycles. The number of hydrogen-bond acceptors (Lipinski definition) is 2. The zero-order chi connectivity index (χ0) is 11.8. The first-order chi connectivity index (χ1) is 8.24. The maximum absolute atomic E-state index is 11.9. The Morgan fingerprint density at radius 3 is 2.65 bits per heavy atom. The highest BCUT2D eigenvalue weighted by atomic mass is 16.5. The molecule has 2 unspecified atom stereocenters. The quantitative estimate of drug-likeness (QED) is 0.736. The fraction of sp³-hybridized carbons (Fsp3) is 0.400. The van der Waals surface area contributed by atoms with Crippen molar-refractivity contribution in [3.05, 3.63) is 47.2 Å². The number of benzene rings is 1. The van der Waals surface area contributed by atoms with E-state index in [-0.39, 0.29) is 11.9 Å². The summed E-state index contributed by atoms with van der Waals surface area (Å²) in [6.45, 7) is 2.11. The Kier molecular flexibility index (Phi) is 2.50. The van der Waals surface area contributed by atoms with Crippen molar-refractivity contribution in [2.24, 2.45) is 5.92 Å². The summed E-state index contributed by atoms with van der Waals surface area (Å²) in [7, 11) is 0. The van der Waals surface area contributed by atoms with E-state index in [4.69, 9.17) is 4.74 Å². The maximum atomic E-state index is 11.9. The Hall–Kier alpha value is -1.57. The third-order valence-electron chi connectivity index (χ3n) is 3.59. The minimum atomic E-state index is 0.0513. The average molecular weight is 228 g/mol. The van der Waals surface area contributed by atoms with Crippen molar-refractivity contribution in [1.29, 1.82) is 0 Å². The maximum Gasteiger partial charge on any atom is 0.162 e. The molecule has 17 heavy (non-hydrogen) atoms. The van der Waals surface area contributed by atoms with E-state index in [0.717, 1.165) is 24.2 Å². The van der Waals surface area contributed by atoms with Crippen molar-refractivity contribution in [1.82, 2.24) is 0 Å². The molecule has 88 valence electrons. The van der Waals surface area contributed by atoms with Crippen LogP contribution in [0, 0.1) is 5.92 Å². The fourth-order valence-electron chi connectivity index (χ4n) is 2.71. The molecule has 1 aromatic carbocycles. The van der Waals surface area contributed by atoms with Gasteiger partial charge in [-0.15, -0.1) is 0 Å². The van der Waals surface area contributed by atoms with Gasteiger partial charge in [0.1, 0.15) is 11.9 Å². The van der Waals surface area contributed by atoms with Crippen LogP contribution in [0.15, 0.2) is 41.7 Å². The molecular weight excluding hydrogens is 212 g/mol. The minimum absolute atomic E-state index is 0.0513. The second kappa shape index (κ2) is 4.02. The summed E-state index contributed by atoms with van der Waals surface area (Å²) in [5.74, 6) is 1.66. The Morgan fingerprint density at radius 2 is 1.88 bits per heavy atom. The normalized spacial score (nSPS) is 27.9. The molecule has 0 spiro atoms. The van der Waals surface area contributed by atoms with Crippen LogP contribution in [0.25, 0.3) is 0 Å². The van der Waals surface area contributed by atoms with Gasteiger partial charge in [0.2, 0.25) is 0 Å². The second-order valence-corrected chi connectivity index (χ2v) is 5.06. The Morgan fingerprint density at radius 1 is 1.12 bits per heavy atom. The SMILES string of the molecule is CC1CC(=O)C2=C(C1)OC(c1ccccc1)C2. The van der Waals surface area contributed by atoms with Crippen molar-refractivity contribution in [3.8, 4) is 0 Å². The Labute approximate surface area is 101 Å². The van der Waals surface area contributed by atoms with Gasteiger partial charge in [-0.3, -0.25) is 4.79 Å². The second-order valence-electron chi connectivity index (χ2n) is 5.06. The molecule has 0 fully saturated rings. The summed E-state index contributed by atoms with van der Waals surface area (Å²) >= 11 is 0. The third kappa shape index (κ3) is 1.88. The van der Waals surface area contributed by atoms with Crippen molar-refractivity contribution < 1.29 is 9.53 Å². The van der Waals surface area contributed by atoms with Gasteiger partial charge in [0.25, 0.3) is 0 Å². The van der Waals surface area contributed by atoms with Gasteiger partial charge in [0.15, 0.2) is 5.78 Å². The molecule has 0 saturated heterocycles. The van der Waals surface area contributed by atoms with E-state index < -0.39 is 0 Å². The lowest BCUT2D eigenvalue weighted by atomic mass is 9.87. The number of carbonyl (C=O) groups excluding carboxylic acids is 1. The molecule has 1 aliphatic heterocycles. The summed E-state index contributed by atoms with van der Waals surface area (Å²) < 4.78 is 5.95. The number of ketones is 1. The smallest absolute Gasteiger partial charge is 0.162 e. The van der Waals surface area contributed by atoms with Crippen LogP contribution in [0.3, 0.4) is 0 Å². The van der Waals surface area contributed by atoms with Gasteiger partial charge in [-0.1, -0.05) is 37.3 Å². The van der Waals surface area contributed by atoms with E-state index in [9.17, 15) is 4.79 Å². The van der Waals surface area contributed by atoms with Crippen LogP contribution in [0.5, 0.6) is 0 Å². The van der Waals surface area contributed by atoms with Gasteiger partial charge in [0, 0.05) is 24.8 Å². The van der Waals surface area contributed by atoms with Crippen molar-refractivity contribution in [2.75, 3.05) is 0 Å². The van der Waals surface area contributed by atoms with Crippen LogP contribution in [0.1, 0.15) is 37.9 Å². The molecule has 1 aliphatic carbocycles. The molecule has 0 amide bonds. The Bertz CT molecular complexity index is 473. The van der Waals surface area contributed by atoms with Gasteiger partial charge >= 0.3 is 0 Å². The molecule has 2 heteroatoms. The molecule has 2 aliphatic rings. The predicted octanol–water partition coefficient (Wildman–Crippen LogP) is 3.40. The largest absolute Gasteiger partial charge is 0.489 e. The van der Waals surface area contributed by atoms with Crippen LogP contribution in [0.4, 0.5) is 0 Å². The van der Waals surface area contributed by atoms with Gasteiger partial charge < -0.3 is 4.74 Å². The molecule has 0 saturated carbocycles. The first kappa shape index (κ1) is 10.6. The molecule has 0 radical (unpaired) electrons. The van der Waals surface area contributed by atoms with Crippen LogP contribution >= 0.6 is 0 Å². The van der Waals surface area contributed by atoms with Gasteiger partial charge in [-0.2, -0.15) is 0 Å². The highest BCUT2D eigenvalue weighted by Gasteiger charge is 2.35. The number of rotatable bonds is 1. The van der Waals surface area contributed by atoms with E-state index in [0.29, 0.717) is 12.3 Å². The van der Waals surface area contributed by atoms with Crippen LogP contribution in [-0.4, -0.2) is 5.78 Å². The standard InChI is InChI=1S/C15H16O2/c1-10-7-13(16)12-9-14(17-15(12)8-10)11-5-3-2-4-6-11/h2-6,10,14H,7-9H2,1H3. The lowest BCUT2D eigenvalue weighted by Crippen LogP contribution is -2.14. The molecule has 2 atom stereocenters. The van der Waals surface area contributed by atoms with E-state index in [2.05, 4.69) is 19.1 Å². The lowest BCUT2D eigenvalue weighted by Gasteiger charge is -2.18. The number of ether oxygens (including phenoxy) is 1. The highest BCUT2D eigenvalue weighted by Crippen LogP contribution is 2.42. The van der Waals surface area contributed by atoms with E-state index >= 15 is 0 Å². The van der Waals surface area contributed by atoms with E-state index in [1.54, 1.807) is 0 Å². The predicted molar refractivity (Wildman–Crippen MR) is 65.3 cm³/mol. The molecule has 2 nitrogen and oxygen atoms in total. The van der Waals surface area contributed by atoms with Crippen molar-refractivity contribution in [2.45, 2.75) is 32.3 Å². The van der Waals surface area contributed by atoms with E-state index in [1.807, 2.05) is 18.2 Å².